The molecule has 19 heteroatoms. The number of carbonyl (C=O) groups is 2. The van der Waals surface area contributed by atoms with Crippen molar-refractivity contribution in [3.05, 3.63) is 130 Å². The average molecular weight is 1040 g/mol. The standard InChI is InChI=1S/C41H53NO10.2C6H6O3S/c1-42-29-21-26-11-15-34(45-2)40(49-6)30(26)13-17-38(43)51-19-9-8-10-20-52-39(44)18-14-31-27(12-16-35(46-3)41(31)50-7)23-33(42)32-25-37(48-5)36(47-4)24-28(32)22-29;2*7-10(8,9)6-4-2-1-3-5-6/h11-12,15-16,24-25,29,33H,8-10,13-14,17-23H2,1-7H3;2*1-5H,(H,7,8,9)/t29?,33-;;/m1../s1. The predicted octanol–water partition coefficient (Wildman–Crippen LogP) is 8.12. The quantitative estimate of drug-likeness (QED) is 0.111. The van der Waals surface area contributed by atoms with Gasteiger partial charge in [0.25, 0.3) is 20.2 Å². The van der Waals surface area contributed by atoms with Crippen LogP contribution in [-0.2, 0) is 71.4 Å². The second-order valence-electron chi connectivity index (χ2n) is 16.8. The highest BCUT2D eigenvalue weighted by Gasteiger charge is 2.35. The van der Waals surface area contributed by atoms with Crippen molar-refractivity contribution in [3.63, 3.8) is 0 Å². The van der Waals surface area contributed by atoms with Crippen LogP contribution in [0.25, 0.3) is 0 Å². The topological polar surface area (TPSA) is 220 Å². The van der Waals surface area contributed by atoms with Gasteiger partial charge in [-0.1, -0.05) is 48.5 Å². The summed E-state index contributed by atoms with van der Waals surface area (Å²) in [5, 5.41) is 0. The van der Waals surface area contributed by atoms with E-state index in [2.05, 4.69) is 36.2 Å². The molecule has 5 aromatic carbocycles. The maximum atomic E-state index is 12.9. The number of cyclic esters (lactones) is 2. The Labute approximate surface area is 422 Å². The third-order valence-corrected chi connectivity index (χ3v) is 14.2. The van der Waals surface area contributed by atoms with Crippen LogP contribution >= 0.6 is 0 Å². The van der Waals surface area contributed by atoms with Crippen LogP contribution in [-0.4, -0.2) is 112 Å². The van der Waals surface area contributed by atoms with Gasteiger partial charge in [0.15, 0.2) is 34.5 Å². The lowest BCUT2D eigenvalue weighted by Crippen LogP contribution is -2.43. The van der Waals surface area contributed by atoms with Crippen LogP contribution in [0.3, 0.4) is 0 Å². The van der Waals surface area contributed by atoms with Crippen molar-refractivity contribution in [3.8, 4) is 34.5 Å². The highest BCUT2D eigenvalue weighted by atomic mass is 32.2. The fraction of sp³-hybridized carbons (Fsp3) is 0.396. The molecule has 1 unspecified atom stereocenters. The Morgan fingerprint density at radius 2 is 0.917 bits per heavy atom. The molecule has 0 saturated carbocycles. The molecule has 7 rings (SSSR count). The Hall–Kier alpha value is -6.38. The normalized spacial score (nSPS) is 17.0. The van der Waals surface area contributed by atoms with Crippen molar-refractivity contribution in [2.75, 3.05) is 62.9 Å². The van der Waals surface area contributed by atoms with Crippen molar-refractivity contribution in [1.82, 2.24) is 4.90 Å². The van der Waals surface area contributed by atoms with E-state index in [9.17, 15) is 26.4 Å². The Bertz CT molecular complexity index is 2740. The van der Waals surface area contributed by atoms with E-state index in [1.165, 1.54) is 24.3 Å². The fourth-order valence-electron chi connectivity index (χ4n) is 8.76. The second kappa shape index (κ2) is 26.9. The molecular formula is C53H65NO16S2. The molecule has 2 heterocycles. The average Bonchev–Trinajstić information content (AvgIpc) is 3.37. The third kappa shape index (κ3) is 15.3. The first-order valence-electron chi connectivity index (χ1n) is 23.3. The van der Waals surface area contributed by atoms with Gasteiger partial charge in [0.2, 0.25) is 0 Å². The van der Waals surface area contributed by atoms with Crippen molar-refractivity contribution in [1.29, 1.82) is 0 Å². The second-order valence-corrected chi connectivity index (χ2v) is 19.7. The Balaban J connectivity index is 0.000000396. The Kier molecular flexibility index (Phi) is 21.1. The van der Waals surface area contributed by atoms with Gasteiger partial charge in [0.1, 0.15) is 0 Å². The van der Waals surface area contributed by atoms with Crippen molar-refractivity contribution in [2.24, 2.45) is 0 Å². The minimum absolute atomic E-state index is 0.0656. The number of rotatable bonds is 8. The van der Waals surface area contributed by atoms with E-state index < -0.39 is 20.2 Å². The summed E-state index contributed by atoms with van der Waals surface area (Å²) in [4.78, 5) is 28.1. The molecule has 0 amide bonds. The van der Waals surface area contributed by atoms with Crippen molar-refractivity contribution >= 4 is 32.2 Å². The van der Waals surface area contributed by atoms with E-state index in [1.54, 1.807) is 79.1 Å². The molecule has 5 aromatic rings. The Morgan fingerprint density at radius 1 is 0.500 bits per heavy atom. The molecule has 2 bridgehead atoms. The molecule has 0 saturated heterocycles. The number of carbonyl (C=O) groups excluding carboxylic acids is 2. The summed E-state index contributed by atoms with van der Waals surface area (Å²) in [5.74, 6) is 3.28. The summed E-state index contributed by atoms with van der Waals surface area (Å²) in [6, 6.07) is 27.0. The highest BCUT2D eigenvalue weighted by molar-refractivity contribution is 7.86. The van der Waals surface area contributed by atoms with E-state index in [0.717, 1.165) is 46.2 Å². The lowest BCUT2D eigenvalue weighted by Gasteiger charge is -2.42. The van der Waals surface area contributed by atoms with Crippen LogP contribution in [0.15, 0.2) is 107 Å². The minimum atomic E-state index is -4.00. The minimum Gasteiger partial charge on any atom is -0.493 e. The van der Waals surface area contributed by atoms with Gasteiger partial charge in [-0.3, -0.25) is 23.6 Å². The lowest BCUT2D eigenvalue weighted by atomic mass is 9.81. The van der Waals surface area contributed by atoms with E-state index in [-0.39, 0.29) is 46.7 Å². The molecule has 72 heavy (non-hydrogen) atoms. The van der Waals surface area contributed by atoms with Gasteiger partial charge in [-0.25, -0.2) is 0 Å². The Morgan fingerprint density at radius 3 is 1.32 bits per heavy atom. The highest BCUT2D eigenvalue weighted by Crippen LogP contribution is 2.44. The number of nitrogens with zero attached hydrogens (tertiary/aromatic N) is 1. The summed E-state index contributed by atoms with van der Waals surface area (Å²) in [6.07, 6.45) is 5.50. The maximum Gasteiger partial charge on any atom is 0.306 e. The molecule has 0 spiro atoms. The molecule has 0 fully saturated rings. The maximum absolute atomic E-state index is 12.9. The van der Waals surface area contributed by atoms with Crippen molar-refractivity contribution < 1.29 is 73.4 Å². The number of methoxy groups -OCH3 is 6. The van der Waals surface area contributed by atoms with Crippen LogP contribution in [0, 0.1) is 0 Å². The zero-order chi connectivity index (χ0) is 52.4. The van der Waals surface area contributed by atoms with E-state index >= 15 is 0 Å². The third-order valence-electron chi connectivity index (χ3n) is 12.4. The first-order valence-corrected chi connectivity index (χ1v) is 26.1. The number of likely N-dealkylation sites (N-methyl/N-ethyl adjacent to an activating group) is 1. The largest absolute Gasteiger partial charge is 0.493 e. The number of esters is 2. The van der Waals surface area contributed by atoms with E-state index in [4.69, 9.17) is 47.0 Å². The summed E-state index contributed by atoms with van der Waals surface area (Å²) in [7, 11) is 3.96. The van der Waals surface area contributed by atoms with Gasteiger partial charge in [0.05, 0.1) is 65.7 Å². The summed E-state index contributed by atoms with van der Waals surface area (Å²) in [5.41, 5.74) is 6.29. The van der Waals surface area contributed by atoms with Gasteiger partial charge < -0.3 is 37.9 Å². The van der Waals surface area contributed by atoms with Gasteiger partial charge in [-0.15, -0.1) is 0 Å². The molecule has 17 nitrogen and oxygen atoms in total. The van der Waals surface area contributed by atoms with E-state index in [1.807, 2.05) is 12.1 Å². The number of hydrogen-bond acceptors (Lipinski definition) is 15. The first kappa shape index (κ1) is 56.5. The zero-order valence-electron chi connectivity index (χ0n) is 41.8. The van der Waals surface area contributed by atoms with Crippen LogP contribution < -0.4 is 28.4 Å². The van der Waals surface area contributed by atoms with Gasteiger partial charge >= 0.3 is 11.9 Å². The molecule has 2 atom stereocenters. The smallest absolute Gasteiger partial charge is 0.306 e. The fourth-order valence-corrected chi connectivity index (χ4v) is 9.76. The van der Waals surface area contributed by atoms with Crippen LogP contribution in [0.1, 0.15) is 71.5 Å². The SMILES string of the molecule is COc1cc2c(cc1OC)[C@H]1Cc3ccc(OC)c(OC)c3CCC(=O)OCCCCCOC(=O)CCc3c(ccc(OC)c3OC)CC(C2)N1C.O=S(=O)(O)c1ccccc1.O=S(=O)(O)c1ccccc1. The molecule has 2 N–H and O–H groups in total. The van der Waals surface area contributed by atoms with E-state index in [0.29, 0.717) is 86.2 Å². The molecule has 0 aliphatic carbocycles. The van der Waals surface area contributed by atoms with Gasteiger partial charge in [0, 0.05) is 36.1 Å². The molecule has 390 valence electrons. The van der Waals surface area contributed by atoms with Gasteiger partial charge in [-0.2, -0.15) is 16.8 Å². The van der Waals surface area contributed by atoms with Crippen LogP contribution in [0.5, 0.6) is 34.5 Å². The summed E-state index contributed by atoms with van der Waals surface area (Å²) < 4.78 is 104. The molecular weight excluding hydrogens is 971 g/mol. The molecule has 2 aliphatic heterocycles. The summed E-state index contributed by atoms with van der Waals surface area (Å²) in [6.45, 7) is 0.624. The molecule has 0 radical (unpaired) electrons. The molecule has 2 aliphatic rings. The number of fused-ring (bicyclic) bond motifs is 6. The summed E-state index contributed by atoms with van der Waals surface area (Å²) >= 11 is 0. The monoisotopic (exact) mass is 1040 g/mol. The number of benzene rings is 5. The van der Waals surface area contributed by atoms with Gasteiger partial charge in [-0.05, 0) is 129 Å². The zero-order valence-corrected chi connectivity index (χ0v) is 43.4. The molecule has 0 aromatic heterocycles. The number of ether oxygens (including phenoxy) is 8. The number of hydrogen-bond donors (Lipinski definition) is 2. The lowest BCUT2D eigenvalue weighted by molar-refractivity contribution is -0.144. The predicted molar refractivity (Wildman–Crippen MR) is 269 cm³/mol. The van der Waals surface area contributed by atoms with Crippen LogP contribution in [0.4, 0.5) is 0 Å². The van der Waals surface area contributed by atoms with Crippen molar-refractivity contribution in [2.45, 2.75) is 86.1 Å². The van der Waals surface area contributed by atoms with Crippen LogP contribution in [0.2, 0.25) is 0 Å². The first-order chi connectivity index (χ1) is 34.5.